The molecule has 1 aromatic carbocycles. The Hall–Kier alpha value is -4.67. The topological polar surface area (TPSA) is 302 Å². The molecule has 0 aromatic heterocycles. The van der Waals surface area contributed by atoms with E-state index < -0.39 is 93.6 Å². The van der Waals surface area contributed by atoms with Gasteiger partial charge in [0.25, 0.3) is 21.9 Å². The Morgan fingerprint density at radius 1 is 0.964 bits per heavy atom. The van der Waals surface area contributed by atoms with E-state index in [4.69, 9.17) is 18.9 Å². The van der Waals surface area contributed by atoms with Gasteiger partial charge >= 0.3 is 11.9 Å². The van der Waals surface area contributed by atoms with E-state index in [0.717, 1.165) is 17.1 Å². The van der Waals surface area contributed by atoms with Gasteiger partial charge in [-0.2, -0.15) is 8.42 Å². The molecular formula is C34H47N3O17S. The van der Waals surface area contributed by atoms with Crippen LogP contribution in [0.4, 0.5) is 0 Å². The fourth-order valence-electron chi connectivity index (χ4n) is 5.14. The number of benzene rings is 1. The molecule has 2 aliphatic heterocycles. The molecule has 1 saturated heterocycles. The predicted octanol–water partition coefficient (Wildman–Crippen LogP) is -1.21. The van der Waals surface area contributed by atoms with Gasteiger partial charge in [0.15, 0.2) is 6.10 Å². The molecule has 1 unspecified atom stereocenters. The molecule has 0 spiro atoms. The minimum absolute atomic E-state index is 0.0381. The summed E-state index contributed by atoms with van der Waals surface area (Å²) in [5.41, 5.74) is -0.476. The van der Waals surface area contributed by atoms with Gasteiger partial charge in [-0.25, -0.2) is 4.79 Å². The molecule has 306 valence electrons. The molecule has 55 heavy (non-hydrogen) atoms. The number of carbonyl (C=O) groups excluding carboxylic acids is 5. The van der Waals surface area contributed by atoms with Crippen molar-refractivity contribution in [3.63, 3.8) is 0 Å². The number of esters is 1. The maximum atomic E-state index is 12.8. The number of ether oxygens (including phenoxy) is 4. The van der Waals surface area contributed by atoms with Crippen molar-refractivity contribution in [1.82, 2.24) is 15.5 Å². The second-order valence-corrected chi connectivity index (χ2v) is 15.3. The van der Waals surface area contributed by atoms with Gasteiger partial charge in [0.05, 0.1) is 12.0 Å². The van der Waals surface area contributed by atoms with E-state index in [1.165, 1.54) is 18.2 Å². The molecule has 4 amide bonds. The summed E-state index contributed by atoms with van der Waals surface area (Å²) in [5, 5.41) is 44.5. The first-order valence-electron chi connectivity index (χ1n) is 17.3. The number of carbonyl (C=O) groups is 6. The van der Waals surface area contributed by atoms with Crippen molar-refractivity contribution in [1.29, 1.82) is 0 Å². The monoisotopic (exact) mass is 801 g/mol. The van der Waals surface area contributed by atoms with Crippen LogP contribution in [0.2, 0.25) is 0 Å². The van der Waals surface area contributed by atoms with Crippen LogP contribution in [0.3, 0.4) is 0 Å². The first-order valence-corrected chi connectivity index (χ1v) is 18.9. The zero-order chi connectivity index (χ0) is 41.1. The van der Waals surface area contributed by atoms with E-state index in [1.54, 1.807) is 20.8 Å². The molecule has 21 heteroatoms. The van der Waals surface area contributed by atoms with Crippen molar-refractivity contribution in [3.05, 3.63) is 35.9 Å². The van der Waals surface area contributed by atoms with E-state index in [9.17, 15) is 62.2 Å². The number of nitrogens with zero attached hydrogens (tertiary/aromatic N) is 1. The molecule has 0 aliphatic carbocycles. The molecule has 7 N–H and O–H groups in total. The van der Waals surface area contributed by atoms with Crippen LogP contribution in [-0.4, -0.2) is 136 Å². The number of unbranched alkanes of at least 4 members (excludes halogenated alkanes) is 2. The Bertz CT molecular complexity index is 1690. The smallest absolute Gasteiger partial charge is 0.335 e. The number of aliphatic hydroxyl groups excluding tert-OH is 3. The minimum atomic E-state index is -4.69. The average Bonchev–Trinajstić information content (AvgIpc) is 3.41. The van der Waals surface area contributed by atoms with Crippen LogP contribution >= 0.6 is 0 Å². The lowest BCUT2D eigenvalue weighted by Crippen LogP contribution is -2.61. The Labute approximate surface area is 316 Å². The first-order chi connectivity index (χ1) is 25.7. The maximum absolute atomic E-state index is 12.8. The number of carboxylic acids is 1. The Morgan fingerprint density at radius 2 is 1.64 bits per heavy atom. The van der Waals surface area contributed by atoms with Crippen LogP contribution in [-0.2, 0) is 55.0 Å². The highest BCUT2D eigenvalue weighted by atomic mass is 32.2. The highest BCUT2D eigenvalue weighted by Gasteiger charge is 2.48. The Morgan fingerprint density at radius 3 is 2.25 bits per heavy atom. The number of carboxylic acid groups (broad SMARTS) is 1. The summed E-state index contributed by atoms with van der Waals surface area (Å²) in [6.45, 7) is 4.69. The molecule has 3 rings (SSSR count). The van der Waals surface area contributed by atoms with Crippen molar-refractivity contribution in [3.8, 4) is 11.5 Å². The van der Waals surface area contributed by atoms with Gasteiger partial charge in [-0.15, -0.1) is 0 Å². The summed E-state index contributed by atoms with van der Waals surface area (Å²) in [7, 11) is -4.69. The van der Waals surface area contributed by atoms with E-state index in [-0.39, 0.29) is 50.6 Å². The summed E-state index contributed by atoms with van der Waals surface area (Å²) in [4.78, 5) is 73.5. The van der Waals surface area contributed by atoms with E-state index in [2.05, 4.69) is 10.6 Å². The van der Waals surface area contributed by atoms with Gasteiger partial charge in [-0.3, -0.25) is 33.4 Å². The normalized spacial score (nSPS) is 21.9. The van der Waals surface area contributed by atoms with Crippen LogP contribution in [0, 0.1) is 5.41 Å². The number of nitrogens with one attached hydrogen (secondary N) is 2. The second-order valence-electron chi connectivity index (χ2n) is 13.8. The third-order valence-corrected chi connectivity index (χ3v) is 8.92. The number of aliphatic hydroxyl groups is 3. The lowest BCUT2D eigenvalue weighted by molar-refractivity contribution is -0.271. The standard InChI is InChI=1S/C34H47N3O17S/c1-34(2,3)33(47)52-17-19-9-10-20(53-32-28(43)26(41)27(42)29(54-32)31(45)46)16-22(19)51-15-7-13-35-30(44)21(18-55(48,49)50)36-23(38)8-5-4-6-14-37-24(39)11-12-25(37)40/h9-12,16,21,26-29,32,41-43H,4-8,13-15,17-18H2,1-3H3,(H,35,44)(H,36,38)(H,45,46)(H,48,49,50)/t21?,26-,27-,28+,29-,32+/m0/s1. The molecule has 0 saturated carbocycles. The molecule has 2 heterocycles. The van der Waals surface area contributed by atoms with Gasteiger partial charge < -0.3 is 50.0 Å². The summed E-state index contributed by atoms with van der Waals surface area (Å²) >= 11 is 0. The Balaban J connectivity index is 1.57. The molecule has 1 aromatic rings. The second kappa shape index (κ2) is 19.8. The van der Waals surface area contributed by atoms with Crippen LogP contribution in [0.15, 0.2) is 30.4 Å². The number of hydrogen-bond acceptors (Lipinski definition) is 15. The Kier molecular flexibility index (Phi) is 16.1. The van der Waals surface area contributed by atoms with Crippen LogP contribution in [0.5, 0.6) is 11.5 Å². The predicted molar refractivity (Wildman–Crippen MR) is 186 cm³/mol. The number of amides is 4. The van der Waals surface area contributed by atoms with Gasteiger partial charge in [0, 0.05) is 43.3 Å². The van der Waals surface area contributed by atoms with E-state index in [1.807, 2.05) is 0 Å². The van der Waals surface area contributed by atoms with Crippen LogP contribution < -0.4 is 20.1 Å². The van der Waals surface area contributed by atoms with Crippen molar-refractivity contribution in [2.24, 2.45) is 5.41 Å². The summed E-state index contributed by atoms with van der Waals surface area (Å²) in [6, 6.07) is 2.50. The zero-order valence-electron chi connectivity index (χ0n) is 30.4. The van der Waals surface area contributed by atoms with Gasteiger partial charge in [-0.1, -0.05) is 6.42 Å². The number of imide groups is 1. The number of aliphatic carboxylic acids is 1. The van der Waals surface area contributed by atoms with Crippen molar-refractivity contribution in [2.75, 3.05) is 25.4 Å². The van der Waals surface area contributed by atoms with Crippen molar-refractivity contribution in [2.45, 2.75) is 96.2 Å². The van der Waals surface area contributed by atoms with Crippen LogP contribution in [0.1, 0.15) is 58.4 Å². The average molecular weight is 802 g/mol. The maximum Gasteiger partial charge on any atom is 0.335 e. The van der Waals surface area contributed by atoms with Crippen molar-refractivity contribution < 1.29 is 81.1 Å². The third-order valence-electron chi connectivity index (χ3n) is 8.17. The highest BCUT2D eigenvalue weighted by molar-refractivity contribution is 7.85. The fraction of sp³-hybridized carbons (Fsp3) is 0.588. The molecule has 2 aliphatic rings. The van der Waals surface area contributed by atoms with Crippen molar-refractivity contribution >= 4 is 45.7 Å². The molecule has 6 atom stereocenters. The van der Waals surface area contributed by atoms with Crippen LogP contribution in [0.25, 0.3) is 0 Å². The summed E-state index contributed by atoms with van der Waals surface area (Å²) in [5.74, 6) is -5.60. The fourth-order valence-corrected chi connectivity index (χ4v) is 5.79. The highest BCUT2D eigenvalue weighted by Crippen LogP contribution is 2.30. The molecule has 0 radical (unpaired) electrons. The quantitative estimate of drug-likeness (QED) is 0.0352. The molecule has 20 nitrogen and oxygen atoms in total. The zero-order valence-corrected chi connectivity index (χ0v) is 31.2. The largest absolute Gasteiger partial charge is 0.493 e. The molecule has 0 bridgehead atoms. The van der Waals surface area contributed by atoms with Gasteiger partial charge in [-0.05, 0) is 52.2 Å². The lowest BCUT2D eigenvalue weighted by Gasteiger charge is -2.38. The summed E-state index contributed by atoms with van der Waals surface area (Å²) < 4.78 is 54.5. The van der Waals surface area contributed by atoms with Gasteiger partial charge in [0.1, 0.15) is 48.2 Å². The summed E-state index contributed by atoms with van der Waals surface area (Å²) in [6.07, 6.45) is -5.83. The van der Waals surface area contributed by atoms with E-state index >= 15 is 0 Å². The molecular weight excluding hydrogens is 754 g/mol. The molecule has 1 fully saturated rings. The van der Waals surface area contributed by atoms with E-state index in [0.29, 0.717) is 24.8 Å². The number of rotatable bonds is 20. The SMILES string of the molecule is CC(C)(C)C(=O)OCc1ccc(O[C@@H]2O[C@H](C(=O)O)[C@@H](O)[C@H](O)[C@H]2O)cc1OCCCNC(=O)C(CS(=O)(=O)O)NC(=O)CCCCCN1C(=O)C=CC1=O. The third kappa shape index (κ3) is 13.8. The number of hydrogen-bond donors (Lipinski definition) is 7. The first kappa shape index (κ1) is 44.7. The van der Waals surface area contributed by atoms with Gasteiger partial charge in [0.2, 0.25) is 18.1 Å². The minimum Gasteiger partial charge on any atom is -0.493 e. The lowest BCUT2D eigenvalue weighted by atomic mass is 9.97.